The molecule has 0 aromatic heterocycles. The summed E-state index contributed by atoms with van der Waals surface area (Å²) in [4.78, 5) is 42.8. The molecular weight excluding hydrogens is 416 g/mol. The molecule has 2 aliphatic rings. The van der Waals surface area contributed by atoms with Crippen LogP contribution in [0.4, 0.5) is 0 Å². The zero-order chi connectivity index (χ0) is 23.4. The minimum Gasteiger partial charge on any atom is -0.458 e. The van der Waals surface area contributed by atoms with Crippen molar-refractivity contribution in [3.8, 4) is 0 Å². The number of ether oxygens (including phenoxy) is 1. The Kier molecular flexibility index (Phi) is 6.73. The molecule has 2 aliphatic heterocycles. The van der Waals surface area contributed by atoms with E-state index in [1.165, 1.54) is 11.0 Å². The Hall–Kier alpha value is -3.67. The molecule has 2 amide bonds. The van der Waals surface area contributed by atoms with Gasteiger partial charge >= 0.3 is 5.97 Å². The fourth-order valence-electron chi connectivity index (χ4n) is 4.46. The molecule has 6 nitrogen and oxygen atoms in total. The molecule has 2 atom stereocenters. The van der Waals surface area contributed by atoms with E-state index in [9.17, 15) is 14.4 Å². The number of likely N-dealkylation sites (tertiary alicyclic amines) is 1. The van der Waals surface area contributed by atoms with Gasteiger partial charge in [0.05, 0.1) is 17.2 Å². The Morgan fingerprint density at radius 1 is 1.00 bits per heavy atom. The van der Waals surface area contributed by atoms with E-state index in [1.54, 1.807) is 30.3 Å². The van der Waals surface area contributed by atoms with Gasteiger partial charge in [-0.05, 0) is 30.5 Å². The molecule has 0 saturated carbocycles. The van der Waals surface area contributed by atoms with Crippen LogP contribution >= 0.6 is 0 Å². The Labute approximate surface area is 194 Å². The highest BCUT2D eigenvalue weighted by Crippen LogP contribution is 2.33. The van der Waals surface area contributed by atoms with Crippen molar-refractivity contribution >= 4 is 17.8 Å². The minimum atomic E-state index is -0.655. The van der Waals surface area contributed by atoms with Crippen LogP contribution in [0.5, 0.6) is 0 Å². The first-order valence-electron chi connectivity index (χ1n) is 11.3. The van der Waals surface area contributed by atoms with E-state index >= 15 is 0 Å². The van der Waals surface area contributed by atoms with E-state index in [0.717, 1.165) is 31.5 Å². The van der Waals surface area contributed by atoms with E-state index in [4.69, 9.17) is 4.74 Å². The van der Waals surface area contributed by atoms with Gasteiger partial charge in [0, 0.05) is 30.8 Å². The molecule has 2 aromatic rings. The van der Waals surface area contributed by atoms with Crippen molar-refractivity contribution < 1.29 is 19.1 Å². The first kappa shape index (κ1) is 22.5. The van der Waals surface area contributed by atoms with Gasteiger partial charge in [0.25, 0.3) is 11.8 Å². The van der Waals surface area contributed by atoms with Crippen LogP contribution in [0, 0.1) is 5.92 Å². The maximum atomic E-state index is 13.3. The molecule has 1 saturated heterocycles. The lowest BCUT2D eigenvalue weighted by atomic mass is 9.95. The number of carbonyl (C=O) groups is 3. The molecule has 33 heavy (non-hydrogen) atoms. The van der Waals surface area contributed by atoms with Crippen molar-refractivity contribution in [1.82, 2.24) is 9.80 Å². The van der Waals surface area contributed by atoms with Gasteiger partial charge in [-0.25, -0.2) is 4.79 Å². The van der Waals surface area contributed by atoms with Crippen LogP contribution in [0.15, 0.2) is 79.0 Å². The fraction of sp³-hybridized carbons (Fsp3) is 0.296. The summed E-state index contributed by atoms with van der Waals surface area (Å²) in [5, 5.41) is 0. The van der Waals surface area contributed by atoms with Gasteiger partial charge in [-0.2, -0.15) is 0 Å². The van der Waals surface area contributed by atoms with E-state index < -0.39 is 12.0 Å². The van der Waals surface area contributed by atoms with Crippen molar-refractivity contribution in [3.63, 3.8) is 0 Å². The molecule has 0 aliphatic carbocycles. The summed E-state index contributed by atoms with van der Waals surface area (Å²) in [5.74, 6) is -1.46. The van der Waals surface area contributed by atoms with Crippen molar-refractivity contribution in [2.75, 3.05) is 13.1 Å². The monoisotopic (exact) mass is 444 g/mol. The number of amides is 2. The van der Waals surface area contributed by atoms with Gasteiger partial charge < -0.3 is 9.64 Å². The number of esters is 1. The summed E-state index contributed by atoms with van der Waals surface area (Å²) in [7, 11) is 0. The third kappa shape index (κ3) is 4.60. The Morgan fingerprint density at radius 3 is 2.15 bits per heavy atom. The summed E-state index contributed by atoms with van der Waals surface area (Å²) < 4.78 is 5.50. The molecule has 1 fully saturated rings. The lowest BCUT2D eigenvalue weighted by Crippen LogP contribution is -2.48. The molecule has 0 spiro atoms. The topological polar surface area (TPSA) is 66.9 Å². The van der Waals surface area contributed by atoms with Gasteiger partial charge in [-0.15, -0.1) is 6.58 Å². The normalized spacial score (nSPS) is 17.7. The number of rotatable bonds is 8. The zero-order valence-corrected chi connectivity index (χ0v) is 18.8. The highest BCUT2D eigenvalue weighted by atomic mass is 16.5. The van der Waals surface area contributed by atoms with Gasteiger partial charge in [0.1, 0.15) is 6.61 Å². The van der Waals surface area contributed by atoms with Gasteiger partial charge in [-0.1, -0.05) is 55.5 Å². The Morgan fingerprint density at radius 2 is 1.58 bits per heavy atom. The quantitative estimate of drug-likeness (QED) is 0.264. The second-order valence-corrected chi connectivity index (χ2v) is 8.42. The first-order valence-corrected chi connectivity index (χ1v) is 11.3. The van der Waals surface area contributed by atoms with Crippen LogP contribution in [0.3, 0.4) is 0 Å². The smallest absolute Gasteiger partial charge is 0.332 e. The van der Waals surface area contributed by atoms with Crippen LogP contribution in [0.1, 0.15) is 46.0 Å². The highest BCUT2D eigenvalue weighted by Gasteiger charge is 2.44. The van der Waals surface area contributed by atoms with Crippen LogP contribution in [0.2, 0.25) is 0 Å². The lowest BCUT2D eigenvalue weighted by molar-refractivity contribution is -0.139. The lowest BCUT2D eigenvalue weighted by Gasteiger charge is -2.36. The summed E-state index contributed by atoms with van der Waals surface area (Å²) in [6.07, 6.45) is 5.12. The molecular formula is C27H28N2O4. The standard InChI is InChI=1S/C27H28N2O4/c1-3-19(2)25(29-26(31)21-13-7-8-14-22(21)27(29)32)23(28-15-9-10-16-28)17-24(30)33-18-20-11-5-4-6-12-20/h3-8,11-14,17,19,25H,1,9-10,15-16,18H2,2H3/b23-17+/t19-,25+/m1/s1. The number of imide groups is 1. The molecule has 2 heterocycles. The van der Waals surface area contributed by atoms with E-state index in [0.29, 0.717) is 16.8 Å². The third-order valence-electron chi connectivity index (χ3n) is 6.24. The highest BCUT2D eigenvalue weighted by molar-refractivity contribution is 6.21. The zero-order valence-electron chi connectivity index (χ0n) is 18.8. The van der Waals surface area contributed by atoms with E-state index in [1.807, 2.05) is 37.3 Å². The maximum absolute atomic E-state index is 13.3. The van der Waals surface area contributed by atoms with E-state index in [2.05, 4.69) is 11.5 Å². The number of benzene rings is 2. The largest absolute Gasteiger partial charge is 0.458 e. The van der Waals surface area contributed by atoms with E-state index in [-0.39, 0.29) is 24.3 Å². The van der Waals surface area contributed by atoms with Crippen LogP contribution < -0.4 is 0 Å². The number of fused-ring (bicyclic) bond motifs is 1. The predicted octanol–water partition coefficient (Wildman–Crippen LogP) is 4.20. The van der Waals surface area contributed by atoms with Gasteiger partial charge in [0.2, 0.25) is 0 Å². The SMILES string of the molecule is C=C[C@@H](C)[C@@H](/C(=C\C(=O)OCc1ccccc1)N1CCCC1)N1C(=O)c2ccccc2C1=O. The molecule has 0 N–H and O–H groups in total. The second kappa shape index (κ2) is 9.86. The van der Waals surface area contributed by atoms with Crippen LogP contribution in [-0.2, 0) is 16.1 Å². The van der Waals surface area contributed by atoms with Gasteiger partial charge in [-0.3, -0.25) is 14.5 Å². The molecule has 6 heteroatoms. The predicted molar refractivity (Wildman–Crippen MR) is 125 cm³/mol. The molecule has 0 radical (unpaired) electrons. The van der Waals surface area contributed by atoms with Gasteiger partial charge in [0.15, 0.2) is 0 Å². The Balaban J connectivity index is 1.68. The number of nitrogens with zero attached hydrogens (tertiary/aromatic N) is 2. The molecule has 4 rings (SSSR count). The summed E-state index contributed by atoms with van der Waals surface area (Å²) in [6, 6.07) is 15.6. The van der Waals surface area contributed by atoms with Crippen LogP contribution in [-0.4, -0.2) is 46.7 Å². The van der Waals surface area contributed by atoms with Crippen molar-refractivity contribution in [3.05, 3.63) is 95.7 Å². The summed E-state index contributed by atoms with van der Waals surface area (Å²) in [5.41, 5.74) is 2.28. The van der Waals surface area contributed by atoms with Crippen molar-refractivity contribution in [1.29, 1.82) is 0 Å². The van der Waals surface area contributed by atoms with Crippen molar-refractivity contribution in [2.45, 2.75) is 32.4 Å². The summed E-state index contributed by atoms with van der Waals surface area (Å²) in [6.45, 7) is 7.46. The molecule has 2 aromatic carbocycles. The Bertz CT molecular complexity index is 1050. The molecule has 0 bridgehead atoms. The second-order valence-electron chi connectivity index (χ2n) is 8.42. The average Bonchev–Trinajstić information content (AvgIpc) is 3.46. The van der Waals surface area contributed by atoms with Crippen molar-refractivity contribution in [2.24, 2.45) is 5.92 Å². The summed E-state index contributed by atoms with van der Waals surface area (Å²) >= 11 is 0. The number of hydrogen-bond acceptors (Lipinski definition) is 5. The van der Waals surface area contributed by atoms with Crippen LogP contribution in [0.25, 0.3) is 0 Å². The number of hydrogen-bond donors (Lipinski definition) is 0. The number of carbonyl (C=O) groups excluding carboxylic acids is 3. The first-order chi connectivity index (χ1) is 16.0. The minimum absolute atomic E-state index is 0.151. The third-order valence-corrected chi connectivity index (χ3v) is 6.24. The fourth-order valence-corrected chi connectivity index (χ4v) is 4.46. The molecule has 0 unspecified atom stereocenters. The molecule has 170 valence electrons. The maximum Gasteiger partial charge on any atom is 0.332 e. The average molecular weight is 445 g/mol.